The van der Waals surface area contributed by atoms with Gasteiger partial charge in [-0.3, -0.25) is 14.9 Å². The molecule has 102 valence electrons. The Balaban J connectivity index is 2.27. The lowest BCUT2D eigenvalue weighted by Crippen LogP contribution is -2.51. The number of benzene rings is 1. The van der Waals surface area contributed by atoms with Gasteiger partial charge in [-0.2, -0.15) is 0 Å². The number of carbonyl (C=O) groups is 1. The van der Waals surface area contributed by atoms with E-state index >= 15 is 0 Å². The molecule has 2 rings (SSSR count). The number of nitrogens with zero attached hydrogens (tertiary/aromatic N) is 2. The van der Waals surface area contributed by atoms with Crippen molar-refractivity contribution in [1.29, 1.82) is 0 Å². The third-order valence-corrected chi connectivity index (χ3v) is 3.05. The molecule has 6 nitrogen and oxygen atoms in total. The van der Waals surface area contributed by atoms with Crippen LogP contribution in [0, 0.1) is 15.9 Å². The van der Waals surface area contributed by atoms with Crippen molar-refractivity contribution in [2.45, 2.75) is 13.0 Å². The van der Waals surface area contributed by atoms with Crippen LogP contribution in [0.2, 0.25) is 0 Å². The van der Waals surface area contributed by atoms with E-state index in [2.05, 4.69) is 5.32 Å². The van der Waals surface area contributed by atoms with Crippen LogP contribution in [0.25, 0.3) is 0 Å². The molecule has 19 heavy (non-hydrogen) atoms. The minimum atomic E-state index is -0.734. The van der Waals surface area contributed by atoms with Crippen LogP contribution in [0.15, 0.2) is 18.2 Å². The lowest BCUT2D eigenvalue weighted by atomic mass is 10.1. The first kappa shape index (κ1) is 13.4. The predicted octanol–water partition coefficient (Wildman–Crippen LogP) is 1.17. The predicted molar refractivity (Wildman–Crippen MR) is 66.4 cm³/mol. The summed E-state index contributed by atoms with van der Waals surface area (Å²) in [6, 6.07) is 3.12. The Hall–Kier alpha value is -2.02. The molecule has 0 saturated carbocycles. The average Bonchev–Trinajstić information content (AvgIpc) is 2.38. The molecule has 1 aliphatic rings. The van der Waals surface area contributed by atoms with Crippen LogP contribution in [-0.4, -0.2) is 41.4 Å². The number of non-ortho nitro benzene ring substituents is 1. The summed E-state index contributed by atoms with van der Waals surface area (Å²) in [6.45, 7) is 3.47. The summed E-state index contributed by atoms with van der Waals surface area (Å²) in [4.78, 5) is 23.7. The first-order chi connectivity index (χ1) is 8.99. The van der Waals surface area contributed by atoms with Crippen LogP contribution in [0.1, 0.15) is 17.3 Å². The summed E-state index contributed by atoms with van der Waals surface area (Å²) in [5.74, 6) is -1.24. The molecule has 1 fully saturated rings. The molecule has 0 radical (unpaired) electrons. The number of hydrogen-bond donors (Lipinski definition) is 1. The molecular weight excluding hydrogens is 253 g/mol. The number of rotatable bonds is 2. The maximum atomic E-state index is 13.6. The molecular formula is C12H14FN3O3. The largest absolute Gasteiger partial charge is 0.336 e. The number of nitro benzene ring substituents is 1. The second kappa shape index (κ2) is 5.31. The lowest BCUT2D eigenvalue weighted by Gasteiger charge is -2.31. The fourth-order valence-corrected chi connectivity index (χ4v) is 2.08. The van der Waals surface area contributed by atoms with E-state index in [1.54, 1.807) is 0 Å². The molecule has 1 aliphatic heterocycles. The Labute approximate surface area is 109 Å². The van der Waals surface area contributed by atoms with Crippen molar-refractivity contribution < 1.29 is 14.1 Å². The smallest absolute Gasteiger partial charge is 0.270 e. The highest BCUT2D eigenvalue weighted by molar-refractivity contribution is 5.95. The number of hydrogen-bond acceptors (Lipinski definition) is 4. The highest BCUT2D eigenvalue weighted by Crippen LogP contribution is 2.19. The van der Waals surface area contributed by atoms with E-state index in [0.717, 1.165) is 18.2 Å². The number of piperazine rings is 1. The van der Waals surface area contributed by atoms with Gasteiger partial charge in [0.05, 0.1) is 10.5 Å². The highest BCUT2D eigenvalue weighted by Gasteiger charge is 2.25. The Morgan fingerprint density at radius 2 is 2.32 bits per heavy atom. The molecule has 0 unspecified atom stereocenters. The molecule has 1 N–H and O–H groups in total. The zero-order valence-electron chi connectivity index (χ0n) is 10.4. The molecule has 0 bridgehead atoms. The normalized spacial score (nSPS) is 19.3. The number of halogens is 1. The van der Waals surface area contributed by atoms with Crippen molar-refractivity contribution in [2.24, 2.45) is 0 Å². The Bertz CT molecular complexity index is 521. The number of carbonyl (C=O) groups excluding carboxylic acids is 1. The van der Waals surface area contributed by atoms with Crippen LogP contribution >= 0.6 is 0 Å². The van der Waals surface area contributed by atoms with E-state index in [9.17, 15) is 19.3 Å². The zero-order valence-corrected chi connectivity index (χ0v) is 10.4. The molecule has 1 saturated heterocycles. The van der Waals surface area contributed by atoms with E-state index < -0.39 is 16.6 Å². The van der Waals surface area contributed by atoms with Gasteiger partial charge in [-0.1, -0.05) is 0 Å². The van der Waals surface area contributed by atoms with Crippen LogP contribution in [0.3, 0.4) is 0 Å². The zero-order chi connectivity index (χ0) is 14.0. The summed E-state index contributed by atoms with van der Waals surface area (Å²) < 4.78 is 13.6. The molecule has 1 heterocycles. The third kappa shape index (κ3) is 2.87. The van der Waals surface area contributed by atoms with Gasteiger partial charge < -0.3 is 10.2 Å². The molecule has 0 aromatic heterocycles. The van der Waals surface area contributed by atoms with Gasteiger partial charge in [0.25, 0.3) is 11.6 Å². The van der Waals surface area contributed by atoms with Crippen molar-refractivity contribution in [2.75, 3.05) is 19.6 Å². The summed E-state index contributed by atoms with van der Waals surface area (Å²) in [7, 11) is 0. The van der Waals surface area contributed by atoms with E-state index in [4.69, 9.17) is 0 Å². The van der Waals surface area contributed by atoms with E-state index in [1.165, 1.54) is 4.90 Å². The van der Waals surface area contributed by atoms with Crippen LogP contribution in [0.4, 0.5) is 10.1 Å². The molecule has 0 aliphatic carbocycles. The van der Waals surface area contributed by atoms with Crippen LogP contribution in [-0.2, 0) is 0 Å². The van der Waals surface area contributed by atoms with Gasteiger partial charge in [0.1, 0.15) is 5.82 Å². The second-order valence-corrected chi connectivity index (χ2v) is 4.53. The van der Waals surface area contributed by atoms with Gasteiger partial charge in [-0.25, -0.2) is 4.39 Å². The third-order valence-electron chi connectivity index (χ3n) is 3.05. The quantitative estimate of drug-likeness (QED) is 0.644. The molecule has 1 aromatic carbocycles. The van der Waals surface area contributed by atoms with Gasteiger partial charge in [-0.05, 0) is 13.0 Å². The van der Waals surface area contributed by atoms with E-state index in [-0.39, 0.29) is 17.3 Å². The van der Waals surface area contributed by atoms with Crippen molar-refractivity contribution in [3.8, 4) is 0 Å². The Kier molecular flexibility index (Phi) is 3.75. The summed E-state index contributed by atoms with van der Waals surface area (Å²) in [5.41, 5.74) is -0.531. The van der Waals surface area contributed by atoms with Gasteiger partial charge in [-0.15, -0.1) is 0 Å². The number of nitrogens with one attached hydrogen (secondary N) is 1. The maximum Gasteiger partial charge on any atom is 0.270 e. The highest BCUT2D eigenvalue weighted by atomic mass is 19.1. The monoisotopic (exact) mass is 267 g/mol. The fraction of sp³-hybridized carbons (Fsp3) is 0.417. The topological polar surface area (TPSA) is 75.5 Å². The first-order valence-electron chi connectivity index (χ1n) is 5.95. The second-order valence-electron chi connectivity index (χ2n) is 4.53. The van der Waals surface area contributed by atoms with Crippen molar-refractivity contribution in [1.82, 2.24) is 10.2 Å². The maximum absolute atomic E-state index is 13.6. The summed E-state index contributed by atoms with van der Waals surface area (Å²) in [5, 5.41) is 13.8. The minimum Gasteiger partial charge on any atom is -0.336 e. The summed E-state index contributed by atoms with van der Waals surface area (Å²) >= 11 is 0. The van der Waals surface area contributed by atoms with Crippen molar-refractivity contribution in [3.63, 3.8) is 0 Å². The van der Waals surface area contributed by atoms with Gasteiger partial charge in [0.15, 0.2) is 0 Å². The Morgan fingerprint density at radius 1 is 1.58 bits per heavy atom. The molecule has 1 aromatic rings. The number of amides is 1. The van der Waals surface area contributed by atoms with Gasteiger partial charge >= 0.3 is 0 Å². The minimum absolute atomic E-state index is 0.124. The molecule has 7 heteroatoms. The van der Waals surface area contributed by atoms with Gasteiger partial charge in [0.2, 0.25) is 0 Å². The Morgan fingerprint density at radius 3 is 2.95 bits per heavy atom. The van der Waals surface area contributed by atoms with E-state index in [0.29, 0.717) is 19.6 Å². The molecule has 1 amide bonds. The SMILES string of the molecule is C[C@H]1CN(C(=O)c2cc([N+](=O)[O-])ccc2F)CCN1. The van der Waals surface area contributed by atoms with Crippen LogP contribution < -0.4 is 5.32 Å². The average molecular weight is 267 g/mol. The fourth-order valence-electron chi connectivity index (χ4n) is 2.08. The van der Waals surface area contributed by atoms with E-state index in [1.807, 2.05) is 6.92 Å². The van der Waals surface area contributed by atoms with Crippen molar-refractivity contribution in [3.05, 3.63) is 39.7 Å². The first-order valence-corrected chi connectivity index (χ1v) is 5.95. The molecule has 0 spiro atoms. The molecule has 1 atom stereocenters. The van der Waals surface area contributed by atoms with Crippen LogP contribution in [0.5, 0.6) is 0 Å². The number of nitro groups is 1. The standard InChI is InChI=1S/C12H14FN3O3/c1-8-7-15(5-4-14-8)12(17)10-6-9(16(18)19)2-3-11(10)13/h2-3,6,8,14H,4-5,7H2,1H3/t8-/m0/s1. The van der Waals surface area contributed by atoms with Crippen molar-refractivity contribution >= 4 is 11.6 Å². The lowest BCUT2D eigenvalue weighted by molar-refractivity contribution is -0.384. The van der Waals surface area contributed by atoms with Gasteiger partial charge in [0, 0.05) is 37.8 Å². The summed E-state index contributed by atoms with van der Waals surface area (Å²) in [6.07, 6.45) is 0.